The number of nitrogens with one attached hydrogen (secondary N) is 1. The number of anilines is 1. The minimum absolute atomic E-state index is 0.00491. The number of carbonyl (C=O) groups is 1. The molecule has 0 aromatic heterocycles. The number of hydrogen-bond acceptors (Lipinski definition) is 4. The van der Waals surface area contributed by atoms with Crippen molar-refractivity contribution in [2.45, 2.75) is 13.0 Å². The van der Waals surface area contributed by atoms with Gasteiger partial charge in [-0.05, 0) is 19.1 Å². The van der Waals surface area contributed by atoms with Crippen LogP contribution in [0.4, 0.5) is 11.4 Å². The summed E-state index contributed by atoms with van der Waals surface area (Å²) in [6, 6.07) is 12.4. The molecular formula is C15H14N2O4. The summed E-state index contributed by atoms with van der Waals surface area (Å²) >= 11 is 0. The molecule has 0 amide bonds. The molecule has 0 heterocycles. The van der Waals surface area contributed by atoms with E-state index in [2.05, 4.69) is 5.32 Å². The van der Waals surface area contributed by atoms with E-state index < -0.39 is 16.9 Å². The van der Waals surface area contributed by atoms with Crippen LogP contribution in [0.15, 0.2) is 48.5 Å². The summed E-state index contributed by atoms with van der Waals surface area (Å²) in [5.74, 6) is -1.05. The monoisotopic (exact) mass is 286 g/mol. The van der Waals surface area contributed by atoms with E-state index in [1.54, 1.807) is 43.3 Å². The molecule has 6 nitrogen and oxygen atoms in total. The van der Waals surface area contributed by atoms with Gasteiger partial charge in [-0.25, -0.2) is 4.79 Å². The molecule has 1 atom stereocenters. The zero-order valence-electron chi connectivity index (χ0n) is 11.3. The highest BCUT2D eigenvalue weighted by Crippen LogP contribution is 2.28. The van der Waals surface area contributed by atoms with Crippen molar-refractivity contribution in [2.75, 3.05) is 5.32 Å². The molecule has 6 heteroatoms. The minimum atomic E-state index is -1.05. The first-order chi connectivity index (χ1) is 10.0. The van der Waals surface area contributed by atoms with Crippen molar-refractivity contribution in [2.24, 2.45) is 0 Å². The molecule has 0 aliphatic carbocycles. The second kappa shape index (κ2) is 6.04. The first kappa shape index (κ1) is 14.5. The van der Waals surface area contributed by atoms with Gasteiger partial charge in [-0.15, -0.1) is 0 Å². The van der Waals surface area contributed by atoms with Crippen LogP contribution in [0.2, 0.25) is 0 Å². The summed E-state index contributed by atoms with van der Waals surface area (Å²) in [5, 5.41) is 23.2. The number of para-hydroxylation sites is 2. The minimum Gasteiger partial charge on any atom is -0.478 e. The molecule has 0 saturated heterocycles. The predicted octanol–water partition coefficient (Wildman–Crippen LogP) is 3.47. The second-order valence-corrected chi connectivity index (χ2v) is 4.53. The lowest BCUT2D eigenvalue weighted by Gasteiger charge is -2.17. The number of nitro groups is 1. The molecule has 0 radical (unpaired) electrons. The zero-order chi connectivity index (χ0) is 15.4. The Labute approximate surface area is 121 Å². The van der Waals surface area contributed by atoms with Crippen molar-refractivity contribution in [3.05, 3.63) is 69.8 Å². The van der Waals surface area contributed by atoms with Gasteiger partial charge in [0.25, 0.3) is 5.69 Å². The number of carboxylic acid groups (broad SMARTS) is 1. The van der Waals surface area contributed by atoms with Crippen LogP contribution in [0.25, 0.3) is 0 Å². The van der Waals surface area contributed by atoms with E-state index in [9.17, 15) is 14.9 Å². The maximum absolute atomic E-state index is 11.2. The predicted molar refractivity (Wildman–Crippen MR) is 78.5 cm³/mol. The standard InChI is InChI=1S/C15H14N2O4/c1-10(11-6-3-5-9-14(11)17(20)21)16-13-8-4-2-7-12(13)15(18)19/h2-10,16H,1H3,(H,18,19). The van der Waals surface area contributed by atoms with Crippen LogP contribution in [-0.2, 0) is 0 Å². The first-order valence-electron chi connectivity index (χ1n) is 6.33. The number of nitro benzene ring substituents is 1. The molecule has 0 fully saturated rings. The molecule has 0 bridgehead atoms. The second-order valence-electron chi connectivity index (χ2n) is 4.53. The van der Waals surface area contributed by atoms with Crippen LogP contribution in [0.3, 0.4) is 0 Å². The lowest BCUT2D eigenvalue weighted by atomic mass is 10.0. The van der Waals surface area contributed by atoms with E-state index in [0.717, 1.165) is 0 Å². The molecule has 2 rings (SSSR count). The summed E-state index contributed by atoms with van der Waals surface area (Å²) in [6.45, 7) is 1.75. The van der Waals surface area contributed by atoms with Gasteiger partial charge in [-0.3, -0.25) is 10.1 Å². The highest BCUT2D eigenvalue weighted by molar-refractivity contribution is 5.94. The molecule has 21 heavy (non-hydrogen) atoms. The molecule has 108 valence electrons. The number of rotatable bonds is 5. The maximum atomic E-state index is 11.2. The van der Waals surface area contributed by atoms with Crippen molar-refractivity contribution < 1.29 is 14.8 Å². The van der Waals surface area contributed by atoms with E-state index in [4.69, 9.17) is 5.11 Å². The van der Waals surface area contributed by atoms with Crippen LogP contribution in [-0.4, -0.2) is 16.0 Å². The van der Waals surface area contributed by atoms with Crippen LogP contribution < -0.4 is 5.32 Å². The lowest BCUT2D eigenvalue weighted by Crippen LogP contribution is -2.12. The molecule has 0 spiro atoms. The fraction of sp³-hybridized carbons (Fsp3) is 0.133. The molecular weight excluding hydrogens is 272 g/mol. The zero-order valence-corrected chi connectivity index (χ0v) is 11.3. The largest absolute Gasteiger partial charge is 0.478 e. The van der Waals surface area contributed by atoms with Gasteiger partial charge in [0.1, 0.15) is 0 Å². The molecule has 0 saturated carbocycles. The third-order valence-corrected chi connectivity index (χ3v) is 3.13. The van der Waals surface area contributed by atoms with Crippen molar-refractivity contribution in [1.82, 2.24) is 0 Å². The van der Waals surface area contributed by atoms with Crippen LogP contribution >= 0.6 is 0 Å². The normalized spacial score (nSPS) is 11.7. The third-order valence-electron chi connectivity index (χ3n) is 3.13. The Morgan fingerprint density at radius 3 is 2.48 bits per heavy atom. The molecule has 1 unspecified atom stereocenters. The highest BCUT2D eigenvalue weighted by atomic mass is 16.6. The van der Waals surface area contributed by atoms with Gasteiger partial charge in [0.2, 0.25) is 0 Å². The molecule has 2 aromatic rings. The van der Waals surface area contributed by atoms with Crippen molar-refractivity contribution >= 4 is 17.3 Å². The molecule has 0 aliphatic rings. The van der Waals surface area contributed by atoms with Crippen LogP contribution in [0.5, 0.6) is 0 Å². The highest BCUT2D eigenvalue weighted by Gasteiger charge is 2.19. The van der Waals surface area contributed by atoms with E-state index in [1.165, 1.54) is 12.1 Å². The summed E-state index contributed by atoms with van der Waals surface area (Å²) in [5.41, 5.74) is 1.06. The van der Waals surface area contributed by atoms with Crippen LogP contribution in [0, 0.1) is 10.1 Å². The fourth-order valence-corrected chi connectivity index (χ4v) is 2.13. The van der Waals surface area contributed by atoms with E-state index >= 15 is 0 Å². The summed E-state index contributed by atoms with van der Waals surface area (Å²) in [7, 11) is 0. The first-order valence-corrected chi connectivity index (χ1v) is 6.33. The SMILES string of the molecule is CC(Nc1ccccc1C(=O)O)c1ccccc1[N+](=O)[O-]. The molecule has 2 N–H and O–H groups in total. The van der Waals surface area contributed by atoms with E-state index in [1.807, 2.05) is 0 Å². The lowest BCUT2D eigenvalue weighted by molar-refractivity contribution is -0.385. The fourth-order valence-electron chi connectivity index (χ4n) is 2.13. The molecule has 0 aliphatic heterocycles. The number of nitrogens with zero attached hydrogens (tertiary/aromatic N) is 1. The Hall–Kier alpha value is -2.89. The Balaban J connectivity index is 2.33. The Bertz CT molecular complexity index is 685. The summed E-state index contributed by atoms with van der Waals surface area (Å²) < 4.78 is 0. The van der Waals surface area contributed by atoms with Gasteiger partial charge in [0, 0.05) is 11.8 Å². The Morgan fingerprint density at radius 1 is 1.19 bits per heavy atom. The number of hydrogen-bond donors (Lipinski definition) is 2. The van der Waals surface area contributed by atoms with Crippen molar-refractivity contribution in [3.8, 4) is 0 Å². The summed E-state index contributed by atoms with van der Waals surface area (Å²) in [4.78, 5) is 21.8. The van der Waals surface area contributed by atoms with Gasteiger partial charge in [0.05, 0.1) is 22.1 Å². The third kappa shape index (κ3) is 3.17. The molecule has 2 aromatic carbocycles. The average molecular weight is 286 g/mol. The summed E-state index contributed by atoms with van der Waals surface area (Å²) in [6.07, 6.45) is 0. The van der Waals surface area contributed by atoms with Crippen molar-refractivity contribution in [1.29, 1.82) is 0 Å². The number of carboxylic acids is 1. The van der Waals surface area contributed by atoms with E-state index in [0.29, 0.717) is 11.3 Å². The topological polar surface area (TPSA) is 92.5 Å². The maximum Gasteiger partial charge on any atom is 0.337 e. The van der Waals surface area contributed by atoms with Gasteiger partial charge < -0.3 is 10.4 Å². The number of benzene rings is 2. The number of aromatic carboxylic acids is 1. The quantitative estimate of drug-likeness (QED) is 0.648. The smallest absolute Gasteiger partial charge is 0.337 e. The van der Waals surface area contributed by atoms with Gasteiger partial charge >= 0.3 is 5.97 Å². The Kier molecular flexibility index (Phi) is 4.18. The van der Waals surface area contributed by atoms with E-state index in [-0.39, 0.29) is 11.3 Å². The van der Waals surface area contributed by atoms with Gasteiger partial charge in [-0.2, -0.15) is 0 Å². The Morgan fingerprint density at radius 2 is 1.81 bits per heavy atom. The van der Waals surface area contributed by atoms with Crippen molar-refractivity contribution in [3.63, 3.8) is 0 Å². The van der Waals surface area contributed by atoms with Gasteiger partial charge in [-0.1, -0.05) is 30.3 Å². The van der Waals surface area contributed by atoms with Gasteiger partial charge in [0.15, 0.2) is 0 Å². The average Bonchev–Trinajstić information content (AvgIpc) is 2.47. The van der Waals surface area contributed by atoms with Crippen LogP contribution in [0.1, 0.15) is 28.9 Å².